The SMILES string of the molecule is O=C(Cn1nnnc1CN1CCc2ccccc2C1)NCCN1CCCCC1=O. The minimum Gasteiger partial charge on any atom is -0.353 e. The number of benzene rings is 1. The summed E-state index contributed by atoms with van der Waals surface area (Å²) in [6.07, 6.45) is 3.62. The monoisotopic (exact) mass is 397 g/mol. The summed E-state index contributed by atoms with van der Waals surface area (Å²) in [7, 11) is 0. The number of fused-ring (bicyclic) bond motifs is 1. The van der Waals surface area contributed by atoms with Gasteiger partial charge in [0.15, 0.2) is 5.82 Å². The van der Waals surface area contributed by atoms with Crippen LogP contribution >= 0.6 is 0 Å². The Morgan fingerprint density at radius 1 is 1.10 bits per heavy atom. The third-order valence-corrected chi connectivity index (χ3v) is 5.60. The van der Waals surface area contributed by atoms with Crippen molar-refractivity contribution >= 4 is 11.8 Å². The van der Waals surface area contributed by atoms with E-state index < -0.39 is 0 Å². The first kappa shape index (κ1) is 19.5. The molecule has 0 bridgehead atoms. The van der Waals surface area contributed by atoms with Crippen LogP contribution in [0.3, 0.4) is 0 Å². The van der Waals surface area contributed by atoms with Crippen LogP contribution in [0.2, 0.25) is 0 Å². The number of tetrazole rings is 1. The quantitative estimate of drug-likeness (QED) is 0.725. The molecule has 154 valence electrons. The zero-order valence-electron chi connectivity index (χ0n) is 16.6. The number of piperidine rings is 1. The van der Waals surface area contributed by atoms with Gasteiger partial charge in [0.2, 0.25) is 11.8 Å². The second-order valence-electron chi connectivity index (χ2n) is 7.67. The smallest absolute Gasteiger partial charge is 0.241 e. The molecule has 0 atom stereocenters. The van der Waals surface area contributed by atoms with Gasteiger partial charge in [-0.05, 0) is 40.8 Å². The van der Waals surface area contributed by atoms with Crippen LogP contribution in [0.15, 0.2) is 24.3 Å². The Hall–Kier alpha value is -2.81. The van der Waals surface area contributed by atoms with Gasteiger partial charge in [-0.3, -0.25) is 14.5 Å². The average molecular weight is 397 g/mol. The minimum atomic E-state index is -0.146. The fraction of sp³-hybridized carbons (Fsp3) is 0.550. The first-order valence-electron chi connectivity index (χ1n) is 10.3. The Morgan fingerprint density at radius 3 is 2.83 bits per heavy atom. The van der Waals surface area contributed by atoms with Gasteiger partial charge in [0, 0.05) is 39.1 Å². The van der Waals surface area contributed by atoms with Gasteiger partial charge >= 0.3 is 0 Å². The van der Waals surface area contributed by atoms with Crippen LogP contribution in [-0.4, -0.2) is 68.0 Å². The second-order valence-corrected chi connectivity index (χ2v) is 7.67. The molecule has 1 aromatic carbocycles. The highest BCUT2D eigenvalue weighted by molar-refractivity contribution is 5.77. The molecule has 9 nitrogen and oxygen atoms in total. The molecular formula is C20H27N7O2. The van der Waals surface area contributed by atoms with Crippen LogP contribution in [-0.2, 0) is 35.6 Å². The van der Waals surface area contributed by atoms with E-state index in [0.29, 0.717) is 31.9 Å². The van der Waals surface area contributed by atoms with Gasteiger partial charge < -0.3 is 10.2 Å². The maximum absolute atomic E-state index is 12.3. The molecule has 1 saturated heterocycles. The largest absolute Gasteiger partial charge is 0.353 e. The Bertz CT molecular complexity index is 866. The zero-order valence-corrected chi connectivity index (χ0v) is 16.6. The van der Waals surface area contributed by atoms with Gasteiger partial charge in [0.25, 0.3) is 0 Å². The van der Waals surface area contributed by atoms with Gasteiger partial charge in [-0.2, -0.15) is 0 Å². The Morgan fingerprint density at radius 2 is 1.97 bits per heavy atom. The van der Waals surface area contributed by atoms with E-state index in [1.54, 1.807) is 4.68 Å². The number of carbonyl (C=O) groups excluding carboxylic acids is 2. The number of likely N-dealkylation sites (tertiary alicyclic amines) is 1. The molecule has 9 heteroatoms. The molecule has 2 aliphatic heterocycles. The molecular weight excluding hydrogens is 370 g/mol. The van der Waals surface area contributed by atoms with Gasteiger partial charge in [0.05, 0.1) is 6.54 Å². The lowest BCUT2D eigenvalue weighted by atomic mass is 10.00. The fourth-order valence-corrected chi connectivity index (χ4v) is 3.97. The standard InChI is InChI=1S/C20H27N7O2/c28-19(21-9-12-26-10-4-3-7-20(26)29)15-27-18(22-23-24-27)14-25-11-8-16-5-1-2-6-17(16)13-25/h1-2,5-6H,3-4,7-15H2,(H,21,28). The number of amides is 2. The third-order valence-electron chi connectivity index (χ3n) is 5.60. The molecule has 4 rings (SSSR count). The first-order valence-corrected chi connectivity index (χ1v) is 10.3. The Labute approximate surface area is 170 Å². The van der Waals surface area contributed by atoms with E-state index in [4.69, 9.17) is 0 Å². The van der Waals surface area contributed by atoms with Crippen LogP contribution in [0, 0.1) is 0 Å². The molecule has 0 unspecified atom stereocenters. The van der Waals surface area contributed by atoms with Crippen LogP contribution in [0.5, 0.6) is 0 Å². The summed E-state index contributed by atoms with van der Waals surface area (Å²) in [4.78, 5) is 28.2. The van der Waals surface area contributed by atoms with Gasteiger partial charge in [-0.25, -0.2) is 4.68 Å². The molecule has 1 fully saturated rings. The van der Waals surface area contributed by atoms with Crippen molar-refractivity contribution in [2.75, 3.05) is 26.2 Å². The van der Waals surface area contributed by atoms with E-state index in [1.165, 1.54) is 11.1 Å². The van der Waals surface area contributed by atoms with E-state index in [-0.39, 0.29) is 18.4 Å². The molecule has 1 N–H and O–H groups in total. The van der Waals surface area contributed by atoms with Crippen LogP contribution < -0.4 is 5.32 Å². The van der Waals surface area contributed by atoms with E-state index in [0.717, 1.165) is 38.9 Å². The zero-order chi connectivity index (χ0) is 20.1. The van der Waals surface area contributed by atoms with Crippen molar-refractivity contribution in [3.8, 4) is 0 Å². The molecule has 1 aromatic heterocycles. The first-order chi connectivity index (χ1) is 14.2. The van der Waals surface area contributed by atoms with E-state index in [1.807, 2.05) is 4.90 Å². The highest BCUT2D eigenvalue weighted by atomic mass is 16.2. The normalized spacial score (nSPS) is 17.2. The summed E-state index contributed by atoms with van der Waals surface area (Å²) in [6.45, 7) is 4.28. The maximum atomic E-state index is 12.3. The fourth-order valence-electron chi connectivity index (χ4n) is 3.97. The van der Waals surface area contributed by atoms with Crippen molar-refractivity contribution in [2.24, 2.45) is 0 Å². The number of hydrogen-bond acceptors (Lipinski definition) is 6. The Balaban J connectivity index is 1.26. The van der Waals surface area contributed by atoms with Crippen molar-refractivity contribution in [1.82, 2.24) is 35.3 Å². The summed E-state index contributed by atoms with van der Waals surface area (Å²) in [5, 5.41) is 14.7. The van der Waals surface area contributed by atoms with Crippen molar-refractivity contribution in [2.45, 2.75) is 45.3 Å². The predicted octanol–water partition coefficient (Wildman–Crippen LogP) is 0.360. The van der Waals surface area contributed by atoms with Crippen molar-refractivity contribution in [3.63, 3.8) is 0 Å². The molecule has 29 heavy (non-hydrogen) atoms. The number of hydrogen-bond donors (Lipinski definition) is 1. The van der Waals surface area contributed by atoms with Crippen molar-refractivity contribution in [3.05, 3.63) is 41.2 Å². The highest BCUT2D eigenvalue weighted by Crippen LogP contribution is 2.19. The lowest BCUT2D eigenvalue weighted by Crippen LogP contribution is -2.41. The minimum absolute atomic E-state index is 0.0840. The van der Waals surface area contributed by atoms with E-state index >= 15 is 0 Å². The Kier molecular flexibility index (Phi) is 6.14. The molecule has 0 saturated carbocycles. The van der Waals surface area contributed by atoms with Crippen LogP contribution in [0.25, 0.3) is 0 Å². The second kappa shape index (κ2) is 9.13. The maximum Gasteiger partial charge on any atom is 0.241 e. The van der Waals surface area contributed by atoms with Crippen molar-refractivity contribution in [1.29, 1.82) is 0 Å². The summed E-state index contributed by atoms with van der Waals surface area (Å²) >= 11 is 0. The third kappa shape index (κ3) is 4.97. The topological polar surface area (TPSA) is 96.2 Å². The highest BCUT2D eigenvalue weighted by Gasteiger charge is 2.20. The molecule has 2 amide bonds. The number of carbonyl (C=O) groups is 2. The number of aromatic nitrogens is 4. The molecule has 2 aromatic rings. The number of nitrogens with zero attached hydrogens (tertiary/aromatic N) is 6. The van der Waals surface area contributed by atoms with E-state index in [9.17, 15) is 9.59 Å². The molecule has 0 aliphatic carbocycles. The van der Waals surface area contributed by atoms with Crippen LogP contribution in [0.4, 0.5) is 0 Å². The van der Waals surface area contributed by atoms with Gasteiger partial charge in [-0.1, -0.05) is 24.3 Å². The number of rotatable bonds is 7. The average Bonchev–Trinajstić information content (AvgIpc) is 3.16. The van der Waals surface area contributed by atoms with Crippen LogP contribution in [0.1, 0.15) is 36.2 Å². The van der Waals surface area contributed by atoms with Gasteiger partial charge in [0.1, 0.15) is 6.54 Å². The van der Waals surface area contributed by atoms with Gasteiger partial charge in [-0.15, -0.1) is 5.10 Å². The lowest BCUT2D eigenvalue weighted by Gasteiger charge is -2.28. The van der Waals surface area contributed by atoms with Crippen molar-refractivity contribution < 1.29 is 9.59 Å². The summed E-state index contributed by atoms with van der Waals surface area (Å²) in [5.41, 5.74) is 2.73. The number of nitrogens with one attached hydrogen (secondary N) is 1. The molecule has 0 spiro atoms. The summed E-state index contributed by atoms with van der Waals surface area (Å²) < 4.78 is 1.56. The summed E-state index contributed by atoms with van der Waals surface area (Å²) in [6, 6.07) is 8.48. The molecule has 2 aliphatic rings. The van der Waals surface area contributed by atoms with E-state index in [2.05, 4.69) is 50.0 Å². The lowest BCUT2D eigenvalue weighted by molar-refractivity contribution is -0.133. The molecule has 0 radical (unpaired) electrons. The summed E-state index contributed by atoms with van der Waals surface area (Å²) in [5.74, 6) is 0.717. The predicted molar refractivity (Wildman–Crippen MR) is 106 cm³/mol. The molecule has 3 heterocycles.